The number of nitrogens with zero attached hydrogens (tertiary/aromatic N) is 2. The van der Waals surface area contributed by atoms with Gasteiger partial charge >= 0.3 is 0 Å². The van der Waals surface area contributed by atoms with Crippen LogP contribution in [0.25, 0.3) is 87.7 Å². The Hall–Kier alpha value is -9.64. The highest BCUT2D eigenvalue weighted by Gasteiger charge is 2.54. The lowest BCUT2D eigenvalue weighted by molar-refractivity contribution is 0.590. The molecule has 14 aromatic rings. The average molecular weight is 1160 g/mol. The number of para-hydroxylation sites is 2. The van der Waals surface area contributed by atoms with Crippen LogP contribution in [0.4, 0.5) is 34.1 Å². The molecule has 2 aliphatic carbocycles. The third kappa shape index (κ3) is 8.18. The summed E-state index contributed by atoms with van der Waals surface area (Å²) >= 11 is 0. The quantitative estimate of drug-likeness (QED) is 0.166. The molecule has 0 N–H and O–H groups in total. The molecule has 2 aliphatic rings. The van der Waals surface area contributed by atoms with Crippen molar-refractivity contribution in [2.24, 2.45) is 0 Å². The summed E-state index contributed by atoms with van der Waals surface area (Å²) in [6.45, 7) is 27.6. The topological polar surface area (TPSA) is 32.8 Å². The van der Waals surface area contributed by atoms with E-state index in [9.17, 15) is 0 Å². The molecule has 4 nitrogen and oxygen atoms in total. The van der Waals surface area contributed by atoms with Crippen LogP contribution in [0.3, 0.4) is 0 Å². The molecule has 12 aromatic carbocycles. The van der Waals surface area contributed by atoms with Crippen LogP contribution in [0, 0.1) is 0 Å². The number of hydrogen-bond donors (Lipinski definition) is 0. The van der Waals surface area contributed by atoms with E-state index in [0.717, 1.165) is 99.5 Å². The molecule has 0 amide bonds. The first-order chi connectivity index (χ1) is 42.7. The Morgan fingerprint density at radius 3 is 1.17 bits per heavy atom. The summed E-state index contributed by atoms with van der Waals surface area (Å²) in [4.78, 5) is 5.06. The monoisotopic (exact) mass is 1150 g/mol. The van der Waals surface area contributed by atoms with E-state index >= 15 is 0 Å². The first kappa shape index (κ1) is 54.7. The predicted octanol–water partition coefficient (Wildman–Crippen LogP) is 24.3. The molecule has 4 heteroatoms. The molecule has 0 saturated carbocycles. The second-order valence-corrected chi connectivity index (χ2v) is 29.3. The summed E-state index contributed by atoms with van der Waals surface area (Å²) in [6.07, 6.45) is 0. The summed E-state index contributed by atoms with van der Waals surface area (Å²) in [5.74, 6) is 0. The standard InChI is InChI=1S/C85H74N2O2/c1-81(2,3)51-29-37-55(38-30-51)86(56-39-31-52(32-40-56)82(4,5)6)70-49-69-79(78-63(70)46-45-62-61-23-15-19-27-72(61)89-80(62)78)75-65-47-48-74-77(64-24-16-20-28-73(64)88-74)76(65)71(50-68(75)85(69)66-25-17-13-21-59(66)60-22-14-18-26-67(60)85)87(57-41-33-53(34-42-57)83(7,8)9)58-43-35-54(36-44-58)84(10,11)12/h13-50H,1-12H3. The molecule has 0 saturated heterocycles. The van der Waals surface area contributed by atoms with Crippen molar-refractivity contribution in [3.05, 3.63) is 275 Å². The minimum absolute atomic E-state index is 0.0381. The first-order valence-corrected chi connectivity index (χ1v) is 31.7. The van der Waals surface area contributed by atoms with E-state index in [-0.39, 0.29) is 21.7 Å². The fourth-order valence-electron chi connectivity index (χ4n) is 15.1. The largest absolute Gasteiger partial charge is 0.456 e. The minimum atomic E-state index is -0.832. The van der Waals surface area contributed by atoms with Gasteiger partial charge in [-0.3, -0.25) is 0 Å². The van der Waals surface area contributed by atoms with Crippen LogP contribution >= 0.6 is 0 Å². The highest BCUT2D eigenvalue weighted by molar-refractivity contribution is 6.31. The van der Waals surface area contributed by atoms with E-state index in [4.69, 9.17) is 8.83 Å². The van der Waals surface area contributed by atoms with Gasteiger partial charge in [-0.2, -0.15) is 0 Å². The lowest BCUT2D eigenvalue weighted by atomic mass is 9.70. The zero-order valence-electron chi connectivity index (χ0n) is 53.2. The molecule has 1 spiro atoms. The highest BCUT2D eigenvalue weighted by atomic mass is 16.3. The van der Waals surface area contributed by atoms with Gasteiger partial charge in [0.2, 0.25) is 0 Å². The van der Waals surface area contributed by atoms with E-state index in [2.05, 4.69) is 323 Å². The molecule has 2 heterocycles. The first-order valence-electron chi connectivity index (χ1n) is 31.7. The van der Waals surface area contributed by atoms with Crippen LogP contribution in [-0.2, 0) is 27.1 Å². The van der Waals surface area contributed by atoms with Crippen molar-refractivity contribution in [2.45, 2.75) is 110 Å². The molecule has 89 heavy (non-hydrogen) atoms. The second kappa shape index (κ2) is 19.2. The zero-order chi connectivity index (χ0) is 61.3. The van der Waals surface area contributed by atoms with Crippen LogP contribution in [0.2, 0.25) is 0 Å². The molecule has 0 aliphatic heterocycles. The fourth-order valence-corrected chi connectivity index (χ4v) is 15.1. The molecule has 0 atom stereocenters. The molecule has 0 bridgehead atoms. The van der Waals surface area contributed by atoms with Gasteiger partial charge in [0.05, 0.1) is 16.8 Å². The number of fused-ring (bicyclic) bond motifs is 22. The molecular weight excluding hydrogens is 1080 g/mol. The summed E-state index contributed by atoms with van der Waals surface area (Å²) < 4.78 is 14.5. The van der Waals surface area contributed by atoms with Crippen molar-refractivity contribution in [3.63, 3.8) is 0 Å². The lowest BCUT2D eigenvalue weighted by Gasteiger charge is -2.34. The molecule has 16 rings (SSSR count). The summed E-state index contributed by atoms with van der Waals surface area (Å²) in [7, 11) is 0. The Labute approximate surface area is 522 Å². The SMILES string of the molecule is CC(C)(C)c1ccc(N(c2ccc(C(C)(C)C)cc2)c2cc3c(c4c2ccc2c5ccccc5oc24)-c2c(cc(N(c4ccc(C(C)(C)C)cc4)c4ccc(C(C)(C)C)cc4)c4c2ccc2oc5ccccc5c24)C32c3ccccc3-c3ccccc32)cc1. The van der Waals surface area contributed by atoms with Gasteiger partial charge in [0.25, 0.3) is 0 Å². The smallest absolute Gasteiger partial charge is 0.143 e. The van der Waals surface area contributed by atoms with Crippen LogP contribution < -0.4 is 9.80 Å². The maximum absolute atomic E-state index is 7.48. The molecule has 0 radical (unpaired) electrons. The van der Waals surface area contributed by atoms with Crippen molar-refractivity contribution < 1.29 is 8.83 Å². The van der Waals surface area contributed by atoms with Crippen LogP contribution in [-0.4, -0.2) is 0 Å². The third-order valence-corrected chi connectivity index (χ3v) is 19.7. The van der Waals surface area contributed by atoms with Crippen LogP contribution in [0.5, 0.6) is 0 Å². The van der Waals surface area contributed by atoms with Crippen molar-refractivity contribution in [1.82, 2.24) is 0 Å². The van der Waals surface area contributed by atoms with Gasteiger partial charge in [0.1, 0.15) is 22.3 Å². The zero-order valence-corrected chi connectivity index (χ0v) is 53.2. The highest BCUT2D eigenvalue weighted by Crippen LogP contribution is 2.68. The van der Waals surface area contributed by atoms with E-state index < -0.39 is 5.41 Å². The van der Waals surface area contributed by atoms with E-state index in [1.165, 1.54) is 66.8 Å². The van der Waals surface area contributed by atoms with Crippen molar-refractivity contribution in [1.29, 1.82) is 0 Å². The van der Waals surface area contributed by atoms with Crippen LogP contribution in [0.1, 0.15) is 128 Å². The molecule has 0 fully saturated rings. The fraction of sp³-hybridized carbons (Fsp3) is 0.200. The predicted molar refractivity (Wildman–Crippen MR) is 376 cm³/mol. The Morgan fingerprint density at radius 1 is 0.281 bits per heavy atom. The number of anilines is 6. The van der Waals surface area contributed by atoms with Crippen molar-refractivity contribution in [3.8, 4) is 22.3 Å². The summed E-state index contributed by atoms with van der Waals surface area (Å²) in [6, 6.07) is 87.5. The van der Waals surface area contributed by atoms with Gasteiger partial charge in [-0.1, -0.05) is 223 Å². The van der Waals surface area contributed by atoms with Gasteiger partial charge in [0.15, 0.2) is 0 Å². The molecule has 2 aromatic heterocycles. The maximum Gasteiger partial charge on any atom is 0.143 e. The van der Waals surface area contributed by atoms with E-state index in [1.54, 1.807) is 0 Å². The molecule has 436 valence electrons. The Kier molecular flexibility index (Phi) is 11.8. The minimum Gasteiger partial charge on any atom is -0.456 e. The normalized spacial score (nSPS) is 13.7. The average Bonchev–Trinajstić information content (AvgIpc) is 1.49. The van der Waals surface area contributed by atoms with Crippen LogP contribution in [0.15, 0.2) is 239 Å². The number of furan rings is 2. The van der Waals surface area contributed by atoms with E-state index in [1.807, 2.05) is 0 Å². The number of benzene rings is 12. The molecular formula is C85H74N2O2. The summed E-state index contributed by atoms with van der Waals surface area (Å²) in [5.41, 5.74) is 23.9. The van der Waals surface area contributed by atoms with Gasteiger partial charge < -0.3 is 18.6 Å². The second-order valence-electron chi connectivity index (χ2n) is 29.3. The number of hydrogen-bond acceptors (Lipinski definition) is 4. The Morgan fingerprint density at radius 2 is 0.674 bits per heavy atom. The lowest BCUT2D eigenvalue weighted by Crippen LogP contribution is -2.27. The Bertz CT molecular complexity index is 5040. The van der Waals surface area contributed by atoms with Gasteiger partial charge in [-0.25, -0.2) is 0 Å². The van der Waals surface area contributed by atoms with Gasteiger partial charge in [-0.05, 0) is 185 Å². The van der Waals surface area contributed by atoms with E-state index in [0.29, 0.717) is 0 Å². The van der Waals surface area contributed by atoms with Gasteiger partial charge in [0, 0.05) is 60.5 Å². The van der Waals surface area contributed by atoms with Crippen molar-refractivity contribution >= 4 is 99.5 Å². The Balaban J connectivity index is 1.13. The maximum atomic E-state index is 7.48. The molecule has 0 unspecified atom stereocenters. The third-order valence-electron chi connectivity index (χ3n) is 19.7. The number of rotatable bonds is 6. The van der Waals surface area contributed by atoms with Crippen molar-refractivity contribution in [2.75, 3.05) is 9.80 Å². The summed E-state index contributed by atoms with van der Waals surface area (Å²) in [5, 5.41) is 8.82. The van der Waals surface area contributed by atoms with Gasteiger partial charge in [-0.15, -0.1) is 0 Å².